The van der Waals surface area contributed by atoms with Gasteiger partial charge in [0, 0.05) is 13.3 Å². The Kier molecular flexibility index (Phi) is 3.59. The number of benzene rings is 2. The molecule has 0 aromatic heterocycles. The smallest absolute Gasteiger partial charge is 0.217 e. The number of nitriles is 1. The zero-order valence-corrected chi connectivity index (χ0v) is 10.2. The summed E-state index contributed by atoms with van der Waals surface area (Å²) in [6, 6.07) is 15.8. The zero-order valence-electron chi connectivity index (χ0n) is 10.2. The van der Waals surface area contributed by atoms with Crippen molar-refractivity contribution in [2.24, 2.45) is 0 Å². The van der Waals surface area contributed by atoms with Crippen molar-refractivity contribution in [2.45, 2.75) is 19.4 Å². The van der Waals surface area contributed by atoms with Gasteiger partial charge in [-0.15, -0.1) is 0 Å². The number of rotatable bonds is 3. The van der Waals surface area contributed by atoms with E-state index in [1.165, 1.54) is 12.3 Å². The molecular formula is C15H14N2O. The Morgan fingerprint density at radius 2 is 2.00 bits per heavy atom. The van der Waals surface area contributed by atoms with Crippen molar-refractivity contribution in [2.75, 3.05) is 0 Å². The third-order valence-corrected chi connectivity index (χ3v) is 2.79. The van der Waals surface area contributed by atoms with Crippen LogP contribution in [0.4, 0.5) is 0 Å². The van der Waals surface area contributed by atoms with E-state index >= 15 is 0 Å². The predicted molar refractivity (Wildman–Crippen MR) is 70.9 cm³/mol. The Bertz CT molecular complexity index is 613. The molecule has 18 heavy (non-hydrogen) atoms. The monoisotopic (exact) mass is 238 g/mol. The summed E-state index contributed by atoms with van der Waals surface area (Å²) in [7, 11) is 0. The van der Waals surface area contributed by atoms with Gasteiger partial charge in [-0.05, 0) is 16.3 Å². The topological polar surface area (TPSA) is 52.9 Å². The summed E-state index contributed by atoms with van der Waals surface area (Å²) in [6.07, 6.45) is 0.529. The molecule has 2 rings (SSSR count). The van der Waals surface area contributed by atoms with E-state index in [1.807, 2.05) is 30.3 Å². The Morgan fingerprint density at radius 3 is 2.67 bits per heavy atom. The molecule has 0 aliphatic rings. The Labute approximate surface area is 106 Å². The highest BCUT2D eigenvalue weighted by atomic mass is 16.1. The average molecular weight is 238 g/mol. The fraction of sp³-hybridized carbons (Fsp3) is 0.200. The van der Waals surface area contributed by atoms with Crippen molar-refractivity contribution in [3.05, 3.63) is 48.0 Å². The largest absolute Gasteiger partial charge is 0.340 e. The lowest BCUT2D eigenvalue weighted by molar-refractivity contribution is -0.119. The van der Waals surface area contributed by atoms with Gasteiger partial charge in [-0.3, -0.25) is 4.79 Å². The summed E-state index contributed by atoms with van der Waals surface area (Å²) in [6.45, 7) is 1.42. The molecule has 3 heteroatoms. The Morgan fingerprint density at radius 1 is 1.28 bits per heavy atom. The summed E-state index contributed by atoms with van der Waals surface area (Å²) in [4.78, 5) is 11.0. The second-order valence-corrected chi connectivity index (χ2v) is 4.27. The third kappa shape index (κ3) is 2.86. The minimum atomic E-state index is -0.469. The third-order valence-electron chi connectivity index (χ3n) is 2.79. The summed E-state index contributed by atoms with van der Waals surface area (Å²) >= 11 is 0. The maximum atomic E-state index is 11.0. The highest BCUT2D eigenvalue weighted by Gasteiger charge is 2.09. The van der Waals surface area contributed by atoms with Gasteiger partial charge in [0.2, 0.25) is 5.91 Å². The van der Waals surface area contributed by atoms with Gasteiger partial charge < -0.3 is 5.32 Å². The van der Waals surface area contributed by atoms with Crippen LogP contribution in [0.25, 0.3) is 10.8 Å². The number of hydrogen-bond donors (Lipinski definition) is 1. The molecule has 0 fully saturated rings. The molecular weight excluding hydrogens is 224 g/mol. The maximum absolute atomic E-state index is 11.0. The molecule has 90 valence electrons. The van der Waals surface area contributed by atoms with Crippen LogP contribution in [0.3, 0.4) is 0 Å². The zero-order chi connectivity index (χ0) is 13.0. The summed E-state index contributed by atoms with van der Waals surface area (Å²) in [5.74, 6) is -0.178. The van der Waals surface area contributed by atoms with E-state index in [2.05, 4.69) is 23.5 Å². The minimum absolute atomic E-state index is 0.178. The Balaban J connectivity index is 2.21. The molecule has 1 N–H and O–H groups in total. The van der Waals surface area contributed by atoms with Crippen LogP contribution < -0.4 is 5.32 Å². The van der Waals surface area contributed by atoms with Crippen LogP contribution in [-0.4, -0.2) is 11.9 Å². The quantitative estimate of drug-likeness (QED) is 0.892. The first-order chi connectivity index (χ1) is 8.69. The molecule has 0 aliphatic heterocycles. The van der Waals surface area contributed by atoms with E-state index < -0.39 is 6.04 Å². The second kappa shape index (κ2) is 5.33. The van der Waals surface area contributed by atoms with Crippen LogP contribution >= 0.6 is 0 Å². The average Bonchev–Trinajstić information content (AvgIpc) is 2.37. The molecule has 0 spiro atoms. The highest BCUT2D eigenvalue weighted by Crippen LogP contribution is 2.16. The predicted octanol–water partition coefficient (Wildman–Crippen LogP) is 2.41. The number of fused-ring (bicyclic) bond motifs is 1. The van der Waals surface area contributed by atoms with E-state index in [0.717, 1.165) is 10.9 Å². The van der Waals surface area contributed by atoms with Crippen LogP contribution in [0.5, 0.6) is 0 Å². The maximum Gasteiger partial charge on any atom is 0.217 e. The lowest BCUT2D eigenvalue weighted by Crippen LogP contribution is -2.33. The lowest BCUT2D eigenvalue weighted by atomic mass is 10.0. The minimum Gasteiger partial charge on any atom is -0.340 e. The van der Waals surface area contributed by atoms with Crippen molar-refractivity contribution >= 4 is 16.7 Å². The first kappa shape index (κ1) is 12.1. The van der Waals surface area contributed by atoms with Crippen LogP contribution in [0.2, 0.25) is 0 Å². The number of carbonyl (C=O) groups is 1. The lowest BCUT2D eigenvalue weighted by Gasteiger charge is -2.10. The van der Waals surface area contributed by atoms with Crippen molar-refractivity contribution in [1.82, 2.24) is 5.32 Å². The second-order valence-electron chi connectivity index (χ2n) is 4.27. The molecule has 1 atom stereocenters. The van der Waals surface area contributed by atoms with Gasteiger partial charge in [-0.1, -0.05) is 42.5 Å². The molecule has 0 saturated carbocycles. The molecule has 0 bridgehead atoms. The first-order valence-corrected chi connectivity index (χ1v) is 5.83. The van der Waals surface area contributed by atoms with Gasteiger partial charge in [0.25, 0.3) is 0 Å². The van der Waals surface area contributed by atoms with Crippen LogP contribution in [0.15, 0.2) is 42.5 Å². The van der Waals surface area contributed by atoms with Gasteiger partial charge in [0.1, 0.15) is 6.04 Å². The fourth-order valence-electron chi connectivity index (χ4n) is 1.98. The molecule has 0 saturated heterocycles. The van der Waals surface area contributed by atoms with Crippen LogP contribution in [0, 0.1) is 11.3 Å². The number of nitrogens with one attached hydrogen (secondary N) is 1. The van der Waals surface area contributed by atoms with E-state index in [0.29, 0.717) is 6.42 Å². The molecule has 0 radical (unpaired) electrons. The molecule has 0 unspecified atom stereocenters. The van der Waals surface area contributed by atoms with Crippen LogP contribution in [0.1, 0.15) is 12.5 Å². The van der Waals surface area contributed by atoms with Crippen molar-refractivity contribution in [3.8, 4) is 6.07 Å². The standard InChI is InChI=1S/C15H14N2O/c1-11(18)17-15(10-16)9-12-6-7-13-4-2-3-5-14(13)8-12/h2-8,15H,9H2,1H3,(H,17,18)/t15-/m0/s1. The van der Waals surface area contributed by atoms with E-state index in [4.69, 9.17) is 5.26 Å². The highest BCUT2D eigenvalue weighted by molar-refractivity contribution is 5.83. The molecule has 2 aromatic rings. The molecule has 3 nitrogen and oxygen atoms in total. The molecule has 2 aromatic carbocycles. The van der Waals surface area contributed by atoms with Gasteiger partial charge in [-0.2, -0.15) is 5.26 Å². The van der Waals surface area contributed by atoms with Gasteiger partial charge in [0.05, 0.1) is 6.07 Å². The van der Waals surface area contributed by atoms with Crippen molar-refractivity contribution < 1.29 is 4.79 Å². The normalized spacial score (nSPS) is 11.8. The number of nitrogens with zero attached hydrogens (tertiary/aromatic N) is 1. The first-order valence-electron chi connectivity index (χ1n) is 5.83. The van der Waals surface area contributed by atoms with Crippen molar-refractivity contribution in [3.63, 3.8) is 0 Å². The summed E-state index contributed by atoms with van der Waals surface area (Å²) in [5.41, 5.74) is 1.05. The van der Waals surface area contributed by atoms with Gasteiger partial charge in [-0.25, -0.2) is 0 Å². The van der Waals surface area contributed by atoms with Gasteiger partial charge in [0.15, 0.2) is 0 Å². The Hall–Kier alpha value is -2.34. The fourth-order valence-corrected chi connectivity index (χ4v) is 1.98. The van der Waals surface area contributed by atoms with E-state index in [9.17, 15) is 4.79 Å². The molecule has 0 aliphatic carbocycles. The number of carbonyl (C=O) groups excluding carboxylic acids is 1. The number of hydrogen-bond acceptors (Lipinski definition) is 2. The molecule has 1 amide bonds. The van der Waals surface area contributed by atoms with Gasteiger partial charge >= 0.3 is 0 Å². The van der Waals surface area contributed by atoms with E-state index in [1.54, 1.807) is 0 Å². The van der Waals surface area contributed by atoms with Crippen molar-refractivity contribution in [1.29, 1.82) is 5.26 Å². The van der Waals surface area contributed by atoms with Crippen LogP contribution in [-0.2, 0) is 11.2 Å². The number of amides is 1. The molecule has 0 heterocycles. The SMILES string of the molecule is CC(=O)N[C@H](C#N)Cc1ccc2ccccc2c1. The summed E-state index contributed by atoms with van der Waals surface area (Å²) in [5, 5.41) is 13.9. The summed E-state index contributed by atoms with van der Waals surface area (Å²) < 4.78 is 0. The van der Waals surface area contributed by atoms with E-state index in [-0.39, 0.29) is 5.91 Å².